The molecule has 1 saturated carbocycles. The number of nitrogens with zero attached hydrogens (tertiary/aromatic N) is 3. The monoisotopic (exact) mass is 405 g/mol. The van der Waals surface area contributed by atoms with Crippen molar-refractivity contribution >= 4 is 28.6 Å². The van der Waals surface area contributed by atoms with Gasteiger partial charge in [0.05, 0.1) is 18.1 Å². The molecule has 2 aromatic rings. The summed E-state index contributed by atoms with van der Waals surface area (Å²) in [6.45, 7) is 1.96. The molecule has 0 radical (unpaired) electrons. The van der Waals surface area contributed by atoms with E-state index in [1.165, 1.54) is 19.3 Å². The van der Waals surface area contributed by atoms with Gasteiger partial charge in [-0.15, -0.1) is 0 Å². The number of likely N-dealkylation sites (tertiary alicyclic amines) is 1. The number of likely N-dealkylation sites (N-methyl/N-ethyl adjacent to an activating group) is 1. The number of benzene rings is 1. The van der Waals surface area contributed by atoms with Gasteiger partial charge in [0.2, 0.25) is 5.91 Å². The Hall–Kier alpha value is -1.79. The van der Waals surface area contributed by atoms with Crippen molar-refractivity contribution in [2.24, 2.45) is 0 Å². The van der Waals surface area contributed by atoms with E-state index in [-0.39, 0.29) is 17.7 Å². The van der Waals surface area contributed by atoms with Crippen LogP contribution in [0.2, 0.25) is 5.02 Å². The Bertz CT molecular complexity index is 900. The summed E-state index contributed by atoms with van der Waals surface area (Å²) in [5.74, 6) is -0.172. The summed E-state index contributed by atoms with van der Waals surface area (Å²) in [4.78, 5) is 29.4. The van der Waals surface area contributed by atoms with Gasteiger partial charge >= 0.3 is 5.76 Å². The van der Waals surface area contributed by atoms with Crippen LogP contribution in [0.1, 0.15) is 51.0 Å². The summed E-state index contributed by atoms with van der Waals surface area (Å²) in [7, 11) is 1.94. The minimum atomic E-state index is -0.352. The van der Waals surface area contributed by atoms with E-state index >= 15 is 0 Å². The minimum absolute atomic E-state index is 0.00578. The number of oxazole rings is 1. The largest absolute Gasteiger partial charge is 0.420 e. The van der Waals surface area contributed by atoms with Gasteiger partial charge in [0, 0.05) is 24.7 Å². The van der Waals surface area contributed by atoms with Crippen molar-refractivity contribution in [3.05, 3.63) is 33.8 Å². The number of hydrogen-bond acceptors (Lipinski definition) is 4. The Morgan fingerprint density at radius 1 is 1.21 bits per heavy atom. The van der Waals surface area contributed by atoms with Crippen LogP contribution in [-0.4, -0.2) is 53.0 Å². The van der Waals surface area contributed by atoms with E-state index < -0.39 is 0 Å². The number of aromatic nitrogens is 1. The molecule has 0 bridgehead atoms. The van der Waals surface area contributed by atoms with Crippen molar-refractivity contribution < 1.29 is 9.21 Å². The number of halogens is 1. The van der Waals surface area contributed by atoms with E-state index in [1.54, 1.807) is 22.8 Å². The maximum Gasteiger partial charge on any atom is 0.420 e. The van der Waals surface area contributed by atoms with Crippen LogP contribution in [0.5, 0.6) is 0 Å². The van der Waals surface area contributed by atoms with Gasteiger partial charge in [-0.05, 0) is 50.4 Å². The highest BCUT2D eigenvalue weighted by atomic mass is 35.5. The molecule has 7 heteroatoms. The molecule has 1 aromatic carbocycles. The topological polar surface area (TPSA) is 58.7 Å². The molecule has 0 N–H and O–H groups in total. The van der Waals surface area contributed by atoms with Gasteiger partial charge in [0.15, 0.2) is 5.58 Å². The fraction of sp³-hybridized carbons (Fsp3) is 0.619. The molecule has 2 heterocycles. The second-order valence-corrected chi connectivity index (χ2v) is 8.61. The number of carbonyl (C=O) groups excluding carboxylic acids is 1. The lowest BCUT2D eigenvalue weighted by Gasteiger charge is -2.36. The van der Waals surface area contributed by atoms with Crippen molar-refractivity contribution in [1.82, 2.24) is 14.4 Å². The number of hydrogen-bond donors (Lipinski definition) is 0. The maximum atomic E-state index is 12.8. The summed E-state index contributed by atoms with van der Waals surface area (Å²) in [6.07, 6.45) is 7.78. The van der Waals surface area contributed by atoms with E-state index in [0.717, 1.165) is 37.7 Å². The molecule has 1 aliphatic carbocycles. The van der Waals surface area contributed by atoms with Crippen LogP contribution in [0.3, 0.4) is 0 Å². The zero-order valence-corrected chi connectivity index (χ0v) is 17.2. The van der Waals surface area contributed by atoms with Crippen molar-refractivity contribution in [2.45, 2.75) is 57.0 Å². The smallest absolute Gasteiger partial charge is 0.408 e. The lowest BCUT2D eigenvalue weighted by molar-refractivity contribution is -0.134. The van der Waals surface area contributed by atoms with Gasteiger partial charge in [-0.2, -0.15) is 0 Å². The van der Waals surface area contributed by atoms with E-state index in [9.17, 15) is 9.59 Å². The Morgan fingerprint density at radius 2 is 2.00 bits per heavy atom. The standard InChI is InChI=1S/C21H28ClN3O3/c1-23(16-6-3-2-4-7-16)20(26)14-24-11-5-8-17(13-24)25-18-12-15(22)9-10-19(18)28-21(25)27/h9-10,12,16-17H,2-8,11,13-14H2,1H3. The van der Waals surface area contributed by atoms with Crippen LogP contribution in [0, 0.1) is 0 Å². The molecule has 1 atom stereocenters. The lowest BCUT2D eigenvalue weighted by Crippen LogP contribution is -2.47. The van der Waals surface area contributed by atoms with E-state index in [0.29, 0.717) is 29.7 Å². The quantitative estimate of drug-likeness (QED) is 0.778. The molecule has 1 unspecified atom stereocenters. The Kier molecular flexibility index (Phi) is 5.78. The normalized spacial score (nSPS) is 21.9. The molecule has 1 aliphatic heterocycles. The van der Waals surface area contributed by atoms with Gasteiger partial charge in [0.25, 0.3) is 0 Å². The van der Waals surface area contributed by atoms with Crippen LogP contribution >= 0.6 is 11.6 Å². The second-order valence-electron chi connectivity index (χ2n) is 8.18. The summed E-state index contributed by atoms with van der Waals surface area (Å²) < 4.78 is 7.11. The zero-order chi connectivity index (χ0) is 19.7. The van der Waals surface area contributed by atoms with Gasteiger partial charge in [0.1, 0.15) is 0 Å². The summed E-state index contributed by atoms with van der Waals surface area (Å²) in [6, 6.07) is 5.62. The molecule has 28 heavy (non-hydrogen) atoms. The Balaban J connectivity index is 1.46. The molecule has 1 saturated heterocycles. The average Bonchev–Trinajstić information content (AvgIpc) is 3.03. The summed E-state index contributed by atoms with van der Waals surface area (Å²) in [5.41, 5.74) is 1.29. The number of carbonyl (C=O) groups is 1. The van der Waals surface area contributed by atoms with Gasteiger partial charge < -0.3 is 9.32 Å². The molecule has 152 valence electrons. The maximum absolute atomic E-state index is 12.8. The van der Waals surface area contributed by atoms with Gasteiger partial charge in [-0.1, -0.05) is 30.9 Å². The summed E-state index contributed by atoms with van der Waals surface area (Å²) >= 11 is 6.13. The fourth-order valence-corrected chi connectivity index (χ4v) is 4.88. The third-order valence-electron chi connectivity index (χ3n) is 6.29. The van der Waals surface area contributed by atoms with Crippen molar-refractivity contribution in [2.75, 3.05) is 26.7 Å². The van der Waals surface area contributed by atoms with Crippen LogP contribution in [-0.2, 0) is 4.79 Å². The highest BCUT2D eigenvalue weighted by molar-refractivity contribution is 6.31. The van der Waals surface area contributed by atoms with Crippen molar-refractivity contribution in [1.29, 1.82) is 0 Å². The third-order valence-corrected chi connectivity index (χ3v) is 6.53. The first kappa shape index (κ1) is 19.5. The van der Waals surface area contributed by atoms with E-state index in [4.69, 9.17) is 16.0 Å². The zero-order valence-electron chi connectivity index (χ0n) is 16.4. The predicted octanol–water partition coefficient (Wildman–Crippen LogP) is 3.68. The van der Waals surface area contributed by atoms with E-state index in [2.05, 4.69) is 4.90 Å². The predicted molar refractivity (Wildman–Crippen MR) is 110 cm³/mol. The van der Waals surface area contributed by atoms with Crippen molar-refractivity contribution in [3.63, 3.8) is 0 Å². The number of amides is 1. The lowest BCUT2D eigenvalue weighted by atomic mass is 9.94. The third kappa shape index (κ3) is 3.98. The average molecular weight is 406 g/mol. The first-order chi connectivity index (χ1) is 13.5. The first-order valence-corrected chi connectivity index (χ1v) is 10.7. The molecule has 0 spiro atoms. The van der Waals surface area contributed by atoms with Crippen LogP contribution in [0.4, 0.5) is 0 Å². The van der Waals surface area contributed by atoms with Crippen LogP contribution in [0.15, 0.2) is 27.4 Å². The van der Waals surface area contributed by atoms with Gasteiger partial charge in [-0.3, -0.25) is 14.3 Å². The first-order valence-electron chi connectivity index (χ1n) is 10.3. The van der Waals surface area contributed by atoms with Crippen LogP contribution in [0.25, 0.3) is 11.1 Å². The highest BCUT2D eigenvalue weighted by Gasteiger charge is 2.28. The molecule has 1 amide bonds. The Morgan fingerprint density at radius 3 is 2.79 bits per heavy atom. The Labute approximate surface area is 170 Å². The molecule has 6 nitrogen and oxygen atoms in total. The SMILES string of the molecule is CN(C(=O)CN1CCCC(n2c(=O)oc3ccc(Cl)cc32)C1)C1CCCCC1. The number of fused-ring (bicyclic) bond motifs is 1. The van der Waals surface area contributed by atoms with Gasteiger partial charge in [-0.25, -0.2) is 4.79 Å². The molecule has 1 aromatic heterocycles. The van der Waals surface area contributed by atoms with Crippen molar-refractivity contribution in [3.8, 4) is 0 Å². The minimum Gasteiger partial charge on any atom is -0.408 e. The van der Waals surface area contributed by atoms with Crippen LogP contribution < -0.4 is 5.76 Å². The molecular weight excluding hydrogens is 378 g/mol. The second kappa shape index (κ2) is 8.29. The molecule has 2 fully saturated rings. The molecular formula is C21H28ClN3O3. The van der Waals surface area contributed by atoms with E-state index in [1.807, 2.05) is 11.9 Å². The summed E-state index contributed by atoms with van der Waals surface area (Å²) in [5, 5.41) is 0.582. The molecule has 4 rings (SSSR count). The molecule has 2 aliphatic rings. The number of rotatable bonds is 4. The highest BCUT2D eigenvalue weighted by Crippen LogP contribution is 2.27. The fourth-order valence-electron chi connectivity index (χ4n) is 4.71. The number of piperidine rings is 1.